The molecule has 4 nitrogen and oxygen atoms in total. The van der Waals surface area contributed by atoms with Gasteiger partial charge in [-0.05, 0) is 72.5 Å². The molecular weight excluding hydrogens is 428 g/mol. The van der Waals surface area contributed by atoms with Crippen LogP contribution in [0.2, 0.25) is 0 Å². The Hall–Kier alpha value is -1.99. The van der Waals surface area contributed by atoms with Gasteiger partial charge in [0.15, 0.2) is 0 Å². The third-order valence-corrected chi connectivity index (χ3v) is 5.56. The molecule has 1 aliphatic heterocycles. The molecule has 158 valence electrons. The van der Waals surface area contributed by atoms with Gasteiger partial charge in [-0.2, -0.15) is 0 Å². The van der Waals surface area contributed by atoms with Crippen molar-refractivity contribution in [2.75, 3.05) is 4.90 Å². The van der Waals surface area contributed by atoms with Gasteiger partial charge in [-0.3, -0.25) is 4.79 Å². The van der Waals surface area contributed by atoms with Crippen molar-refractivity contribution in [3.63, 3.8) is 0 Å². The molecule has 0 saturated carbocycles. The van der Waals surface area contributed by atoms with Crippen molar-refractivity contribution in [3.05, 3.63) is 95.6 Å². The fourth-order valence-electron chi connectivity index (χ4n) is 3.96. The van der Waals surface area contributed by atoms with E-state index in [4.69, 9.17) is 0 Å². The fourth-order valence-corrected chi connectivity index (χ4v) is 3.96. The standard InChI is InChI=1S/C24H21F2NO3.Ca.2H/c25-17-5-1-15(2-6-17)22(29)14-13-21-23(16-3-11-20(28)12-4-16)27(24(21)30)19-9-7-18(26)8-10-19;;;/h1-12,21-23,28-29H,13-14H2;;;/t21-,22?,23-;;;/m1.../s1. The van der Waals surface area contributed by atoms with Crippen LogP contribution in [0.3, 0.4) is 0 Å². The normalized spacial score (nSPS) is 18.8. The predicted octanol–water partition coefficient (Wildman–Crippen LogP) is 3.97. The second kappa shape index (κ2) is 10.1. The van der Waals surface area contributed by atoms with Crippen molar-refractivity contribution in [1.82, 2.24) is 0 Å². The first-order chi connectivity index (χ1) is 14.4. The number of nitrogens with zero attached hydrogens (tertiary/aromatic N) is 1. The summed E-state index contributed by atoms with van der Waals surface area (Å²) in [4.78, 5) is 14.6. The van der Waals surface area contributed by atoms with E-state index in [9.17, 15) is 23.8 Å². The molecule has 4 rings (SSSR count). The van der Waals surface area contributed by atoms with Gasteiger partial charge in [0.2, 0.25) is 5.91 Å². The zero-order chi connectivity index (χ0) is 21.3. The van der Waals surface area contributed by atoms with Crippen LogP contribution in [0.1, 0.15) is 36.1 Å². The van der Waals surface area contributed by atoms with E-state index in [-0.39, 0.29) is 73.0 Å². The first-order valence-corrected chi connectivity index (χ1v) is 9.75. The number of carbonyl (C=O) groups excluding carboxylic acids is 1. The molecule has 0 aliphatic carbocycles. The Balaban J connectivity index is 0.00000272. The average Bonchev–Trinajstić information content (AvgIpc) is 2.74. The third kappa shape index (κ3) is 5.09. The second-order valence-corrected chi connectivity index (χ2v) is 7.47. The van der Waals surface area contributed by atoms with Crippen molar-refractivity contribution in [1.29, 1.82) is 0 Å². The average molecular weight is 452 g/mol. The van der Waals surface area contributed by atoms with E-state index in [1.165, 1.54) is 36.4 Å². The monoisotopic (exact) mass is 451 g/mol. The van der Waals surface area contributed by atoms with Crippen LogP contribution in [0.5, 0.6) is 5.75 Å². The van der Waals surface area contributed by atoms with Gasteiger partial charge in [-0.15, -0.1) is 0 Å². The molecule has 3 aromatic carbocycles. The van der Waals surface area contributed by atoms with Crippen LogP contribution in [0.15, 0.2) is 72.8 Å². The molecule has 1 unspecified atom stereocenters. The Kier molecular flexibility index (Phi) is 7.70. The van der Waals surface area contributed by atoms with Crippen molar-refractivity contribution in [2.24, 2.45) is 5.92 Å². The van der Waals surface area contributed by atoms with E-state index in [1.54, 1.807) is 41.3 Å². The number of phenols is 1. The maximum atomic E-state index is 13.3. The molecule has 0 radical (unpaired) electrons. The van der Waals surface area contributed by atoms with Crippen LogP contribution < -0.4 is 4.90 Å². The SMILES string of the molecule is O=C1[C@H](CCC(O)c2ccc(F)cc2)[C@@H](c2ccc(O)cc2)N1c1ccc(F)cc1.[CaH2]. The van der Waals surface area contributed by atoms with Crippen LogP contribution in [0.25, 0.3) is 0 Å². The third-order valence-electron chi connectivity index (χ3n) is 5.56. The maximum absolute atomic E-state index is 13.3. The number of hydrogen-bond acceptors (Lipinski definition) is 3. The molecule has 2 N–H and O–H groups in total. The number of aromatic hydroxyl groups is 1. The Morgan fingerprint density at radius 2 is 1.42 bits per heavy atom. The van der Waals surface area contributed by atoms with Gasteiger partial charge in [0.25, 0.3) is 0 Å². The first-order valence-electron chi connectivity index (χ1n) is 9.75. The molecule has 7 heteroatoms. The Morgan fingerprint density at radius 3 is 2.00 bits per heavy atom. The number of aliphatic hydroxyl groups is 1. The Bertz CT molecular complexity index is 1030. The molecule has 1 heterocycles. The van der Waals surface area contributed by atoms with Gasteiger partial charge in [-0.25, -0.2) is 8.78 Å². The summed E-state index contributed by atoms with van der Waals surface area (Å²) in [5, 5.41) is 20.1. The number of phenolic OH excluding ortho intramolecular Hbond substituents is 1. The Labute approximate surface area is 209 Å². The summed E-state index contributed by atoms with van der Waals surface area (Å²) < 4.78 is 26.4. The van der Waals surface area contributed by atoms with Crippen LogP contribution in [-0.2, 0) is 4.79 Å². The zero-order valence-electron chi connectivity index (χ0n) is 16.1. The number of benzene rings is 3. The number of anilines is 1. The van der Waals surface area contributed by atoms with E-state index >= 15 is 0 Å². The molecular formula is C24H23CaF2NO3. The topological polar surface area (TPSA) is 60.8 Å². The molecule has 1 amide bonds. The van der Waals surface area contributed by atoms with Crippen molar-refractivity contribution in [3.8, 4) is 5.75 Å². The quantitative estimate of drug-likeness (QED) is 0.440. The minimum absolute atomic E-state index is 0. The van der Waals surface area contributed by atoms with Gasteiger partial charge in [0.05, 0.1) is 18.1 Å². The van der Waals surface area contributed by atoms with Gasteiger partial charge in [0.1, 0.15) is 17.4 Å². The predicted molar refractivity (Wildman–Crippen MR) is 117 cm³/mol. The van der Waals surface area contributed by atoms with Gasteiger partial charge in [-0.1, -0.05) is 24.3 Å². The molecule has 1 aliphatic rings. The molecule has 0 aromatic heterocycles. The number of carbonyl (C=O) groups is 1. The number of hydrogen-bond donors (Lipinski definition) is 2. The number of rotatable bonds is 6. The molecule has 31 heavy (non-hydrogen) atoms. The molecule has 1 saturated heterocycles. The van der Waals surface area contributed by atoms with E-state index in [0.29, 0.717) is 24.1 Å². The zero-order valence-corrected chi connectivity index (χ0v) is 16.1. The van der Waals surface area contributed by atoms with Crippen LogP contribution >= 0.6 is 0 Å². The van der Waals surface area contributed by atoms with Crippen LogP contribution in [-0.4, -0.2) is 53.9 Å². The summed E-state index contributed by atoms with van der Waals surface area (Å²) in [6, 6.07) is 17.7. The Morgan fingerprint density at radius 1 is 0.871 bits per heavy atom. The molecule has 0 bridgehead atoms. The number of halogens is 2. The van der Waals surface area contributed by atoms with Gasteiger partial charge in [0, 0.05) is 5.69 Å². The second-order valence-electron chi connectivity index (χ2n) is 7.47. The first kappa shape index (κ1) is 23.7. The fraction of sp³-hybridized carbons (Fsp3) is 0.208. The number of β-lactam (4-membered cyclic amide) rings is 1. The summed E-state index contributed by atoms with van der Waals surface area (Å²) in [6.07, 6.45) is -0.0344. The summed E-state index contributed by atoms with van der Waals surface area (Å²) >= 11 is 0. The van der Waals surface area contributed by atoms with Crippen molar-refractivity contribution in [2.45, 2.75) is 25.0 Å². The van der Waals surface area contributed by atoms with Crippen LogP contribution in [0.4, 0.5) is 14.5 Å². The van der Waals surface area contributed by atoms with Gasteiger partial charge < -0.3 is 15.1 Å². The van der Waals surface area contributed by atoms with E-state index in [2.05, 4.69) is 0 Å². The summed E-state index contributed by atoms with van der Waals surface area (Å²) in [7, 11) is 0. The number of amides is 1. The van der Waals surface area contributed by atoms with Crippen molar-refractivity contribution >= 4 is 49.3 Å². The molecule has 1 fully saturated rings. The summed E-state index contributed by atoms with van der Waals surface area (Å²) in [5.41, 5.74) is 2.03. The minimum atomic E-state index is -0.807. The van der Waals surface area contributed by atoms with E-state index in [1.807, 2.05) is 0 Å². The molecule has 0 spiro atoms. The van der Waals surface area contributed by atoms with E-state index in [0.717, 1.165) is 5.56 Å². The summed E-state index contributed by atoms with van der Waals surface area (Å²) in [6.45, 7) is 0. The molecule has 3 aromatic rings. The number of aliphatic hydroxyl groups excluding tert-OH is 1. The van der Waals surface area contributed by atoms with Crippen LogP contribution in [0, 0.1) is 17.6 Å². The van der Waals surface area contributed by atoms with Crippen molar-refractivity contribution < 1.29 is 23.8 Å². The summed E-state index contributed by atoms with van der Waals surface area (Å²) in [5.74, 6) is -1.10. The van der Waals surface area contributed by atoms with Gasteiger partial charge >= 0.3 is 37.7 Å². The van der Waals surface area contributed by atoms with E-state index < -0.39 is 6.10 Å². The molecule has 3 atom stereocenters.